The van der Waals surface area contributed by atoms with Gasteiger partial charge in [-0.25, -0.2) is 0 Å². The first kappa shape index (κ1) is 19.5. The molecule has 1 aliphatic carbocycles. The summed E-state index contributed by atoms with van der Waals surface area (Å²) >= 11 is 0. The van der Waals surface area contributed by atoms with Gasteiger partial charge in [-0.1, -0.05) is 51.0 Å². The third-order valence-corrected chi connectivity index (χ3v) is 7.21. The van der Waals surface area contributed by atoms with E-state index in [4.69, 9.17) is 0 Å². The van der Waals surface area contributed by atoms with E-state index >= 15 is 0 Å². The van der Waals surface area contributed by atoms with Crippen molar-refractivity contribution in [2.75, 3.05) is 19.6 Å². The molecule has 2 amide bonds. The predicted molar refractivity (Wildman–Crippen MR) is 111 cm³/mol. The molecule has 1 aromatic rings. The Labute approximate surface area is 169 Å². The van der Waals surface area contributed by atoms with Gasteiger partial charge in [0.1, 0.15) is 0 Å². The van der Waals surface area contributed by atoms with Crippen molar-refractivity contribution in [3.05, 3.63) is 35.4 Å². The van der Waals surface area contributed by atoms with E-state index in [1.54, 1.807) is 0 Å². The monoisotopic (exact) mass is 382 g/mol. The third kappa shape index (κ3) is 3.70. The van der Waals surface area contributed by atoms with Crippen molar-refractivity contribution in [2.24, 2.45) is 11.3 Å². The van der Waals surface area contributed by atoms with Gasteiger partial charge in [0.25, 0.3) is 0 Å². The van der Waals surface area contributed by atoms with Gasteiger partial charge in [-0.2, -0.15) is 0 Å². The number of nitrogens with zero attached hydrogens (tertiary/aromatic N) is 2. The second-order valence-electron chi connectivity index (χ2n) is 9.50. The molecule has 0 aromatic heterocycles. The summed E-state index contributed by atoms with van der Waals surface area (Å²) in [7, 11) is 0. The van der Waals surface area contributed by atoms with Gasteiger partial charge in [-0.15, -0.1) is 0 Å². The Morgan fingerprint density at radius 3 is 2.46 bits per heavy atom. The standard InChI is InChI=1S/C24H34N2O2/c1-18(2)20-10-8-19(9-11-20)16-25-14-5-12-24(23(25)28)13-15-26(17-24)22(27)21-6-3-4-7-21/h8-11,18,21H,3-7,12-17H2,1-2H3. The molecular formula is C24H34N2O2. The lowest BCUT2D eigenvalue weighted by Gasteiger charge is -2.39. The fourth-order valence-corrected chi connectivity index (χ4v) is 5.40. The van der Waals surface area contributed by atoms with Gasteiger partial charge < -0.3 is 9.80 Å². The summed E-state index contributed by atoms with van der Waals surface area (Å²) in [6.45, 7) is 7.33. The Bertz CT molecular complexity index is 721. The molecule has 1 atom stereocenters. The third-order valence-electron chi connectivity index (χ3n) is 7.21. The Hall–Kier alpha value is -1.84. The van der Waals surface area contributed by atoms with Crippen LogP contribution < -0.4 is 0 Å². The van der Waals surface area contributed by atoms with Crippen molar-refractivity contribution >= 4 is 11.8 Å². The van der Waals surface area contributed by atoms with Crippen molar-refractivity contribution in [1.29, 1.82) is 0 Å². The highest BCUT2D eigenvalue weighted by atomic mass is 16.2. The minimum atomic E-state index is -0.329. The van der Waals surface area contributed by atoms with Gasteiger partial charge in [-0.05, 0) is 49.1 Å². The molecule has 0 bridgehead atoms. The number of likely N-dealkylation sites (tertiary alicyclic amines) is 2. The van der Waals surface area contributed by atoms with E-state index in [9.17, 15) is 9.59 Å². The van der Waals surface area contributed by atoms with Gasteiger partial charge in [0.05, 0.1) is 5.41 Å². The van der Waals surface area contributed by atoms with Crippen molar-refractivity contribution in [3.63, 3.8) is 0 Å². The summed E-state index contributed by atoms with van der Waals surface area (Å²) < 4.78 is 0. The Morgan fingerprint density at radius 1 is 1.07 bits per heavy atom. The molecule has 2 aliphatic heterocycles. The quantitative estimate of drug-likeness (QED) is 0.777. The van der Waals surface area contributed by atoms with Crippen LogP contribution in [-0.4, -0.2) is 41.2 Å². The molecule has 4 heteroatoms. The molecule has 1 spiro atoms. The first-order valence-electron chi connectivity index (χ1n) is 11.2. The molecule has 1 aromatic carbocycles. The number of carbonyl (C=O) groups excluding carboxylic acids is 2. The second kappa shape index (κ2) is 7.88. The number of rotatable bonds is 4. The molecule has 28 heavy (non-hydrogen) atoms. The summed E-state index contributed by atoms with van der Waals surface area (Å²) in [6, 6.07) is 8.69. The van der Waals surface area contributed by atoms with E-state index in [-0.39, 0.29) is 17.2 Å². The average molecular weight is 383 g/mol. The van der Waals surface area contributed by atoms with E-state index in [0.29, 0.717) is 24.9 Å². The number of amides is 2. The smallest absolute Gasteiger partial charge is 0.230 e. The molecular weight excluding hydrogens is 348 g/mol. The molecule has 4 rings (SSSR count). The molecule has 3 fully saturated rings. The van der Waals surface area contributed by atoms with Crippen LogP contribution in [0, 0.1) is 11.3 Å². The topological polar surface area (TPSA) is 40.6 Å². The predicted octanol–water partition coefficient (Wildman–Crippen LogP) is 4.34. The maximum atomic E-state index is 13.4. The van der Waals surface area contributed by atoms with Crippen LogP contribution in [0.4, 0.5) is 0 Å². The van der Waals surface area contributed by atoms with Crippen molar-refractivity contribution in [1.82, 2.24) is 9.80 Å². The maximum Gasteiger partial charge on any atom is 0.230 e. The Morgan fingerprint density at radius 2 is 1.79 bits per heavy atom. The molecule has 4 nitrogen and oxygen atoms in total. The fraction of sp³-hybridized carbons (Fsp3) is 0.667. The zero-order valence-electron chi connectivity index (χ0n) is 17.5. The highest BCUT2D eigenvalue weighted by Crippen LogP contribution is 2.41. The molecule has 1 saturated carbocycles. The molecule has 2 heterocycles. The van der Waals surface area contributed by atoms with Crippen LogP contribution in [0.3, 0.4) is 0 Å². The van der Waals surface area contributed by atoms with Crippen molar-refractivity contribution in [2.45, 2.75) is 71.3 Å². The lowest BCUT2D eigenvalue weighted by molar-refractivity contribution is -0.147. The number of benzene rings is 1. The Balaban J connectivity index is 1.42. The zero-order chi connectivity index (χ0) is 19.7. The minimum absolute atomic E-state index is 0.212. The summed E-state index contributed by atoms with van der Waals surface area (Å²) in [6.07, 6.45) is 7.25. The minimum Gasteiger partial charge on any atom is -0.341 e. The lowest BCUT2D eigenvalue weighted by atomic mass is 9.78. The first-order valence-corrected chi connectivity index (χ1v) is 11.2. The number of hydrogen-bond acceptors (Lipinski definition) is 2. The van der Waals surface area contributed by atoms with Gasteiger partial charge in [0.15, 0.2) is 0 Å². The summed E-state index contributed by atoms with van der Waals surface area (Å²) in [5.41, 5.74) is 2.21. The van der Waals surface area contributed by atoms with E-state index < -0.39 is 0 Å². The zero-order valence-corrected chi connectivity index (χ0v) is 17.5. The van der Waals surface area contributed by atoms with Crippen LogP contribution >= 0.6 is 0 Å². The van der Waals surface area contributed by atoms with Crippen LogP contribution in [0.25, 0.3) is 0 Å². The average Bonchev–Trinajstić information content (AvgIpc) is 3.37. The SMILES string of the molecule is CC(C)c1ccc(CN2CCCC3(CCN(C(=O)C4CCCC4)C3)C2=O)cc1. The lowest BCUT2D eigenvalue weighted by Crippen LogP contribution is -2.50. The van der Waals surface area contributed by atoms with Gasteiger partial charge in [0, 0.05) is 32.1 Å². The van der Waals surface area contributed by atoms with Crippen molar-refractivity contribution in [3.8, 4) is 0 Å². The van der Waals surface area contributed by atoms with E-state index in [0.717, 1.165) is 45.2 Å². The Kier molecular flexibility index (Phi) is 5.48. The van der Waals surface area contributed by atoms with Crippen LogP contribution in [0.15, 0.2) is 24.3 Å². The maximum absolute atomic E-state index is 13.4. The van der Waals surface area contributed by atoms with E-state index in [1.165, 1.54) is 24.0 Å². The fourth-order valence-electron chi connectivity index (χ4n) is 5.40. The van der Waals surface area contributed by atoms with Crippen molar-refractivity contribution < 1.29 is 9.59 Å². The molecule has 3 aliphatic rings. The molecule has 2 saturated heterocycles. The molecule has 0 radical (unpaired) electrons. The second-order valence-corrected chi connectivity index (χ2v) is 9.50. The number of carbonyl (C=O) groups is 2. The number of hydrogen-bond donors (Lipinski definition) is 0. The summed E-state index contributed by atoms with van der Waals surface area (Å²) in [5, 5.41) is 0. The summed E-state index contributed by atoms with van der Waals surface area (Å²) in [4.78, 5) is 30.3. The summed E-state index contributed by atoms with van der Waals surface area (Å²) in [5.74, 6) is 1.32. The van der Waals surface area contributed by atoms with Crippen LogP contribution in [0.1, 0.15) is 75.8 Å². The van der Waals surface area contributed by atoms with Crippen LogP contribution in [0.2, 0.25) is 0 Å². The normalized spacial score (nSPS) is 26.0. The largest absolute Gasteiger partial charge is 0.341 e. The number of piperidine rings is 1. The van der Waals surface area contributed by atoms with Gasteiger partial charge in [-0.3, -0.25) is 9.59 Å². The molecule has 1 unspecified atom stereocenters. The van der Waals surface area contributed by atoms with E-state index in [1.807, 2.05) is 9.80 Å². The van der Waals surface area contributed by atoms with Crippen LogP contribution in [-0.2, 0) is 16.1 Å². The van der Waals surface area contributed by atoms with E-state index in [2.05, 4.69) is 38.1 Å². The molecule has 0 N–H and O–H groups in total. The van der Waals surface area contributed by atoms with Crippen LogP contribution in [0.5, 0.6) is 0 Å². The molecule has 152 valence electrons. The van der Waals surface area contributed by atoms with Gasteiger partial charge >= 0.3 is 0 Å². The van der Waals surface area contributed by atoms with Gasteiger partial charge in [0.2, 0.25) is 11.8 Å². The first-order chi connectivity index (χ1) is 13.5. The highest BCUT2D eigenvalue weighted by molar-refractivity contribution is 5.86. The highest BCUT2D eigenvalue weighted by Gasteiger charge is 2.49.